The van der Waals surface area contributed by atoms with Gasteiger partial charge in [0.25, 0.3) is 0 Å². The van der Waals surface area contributed by atoms with E-state index in [-0.39, 0.29) is 35.9 Å². The van der Waals surface area contributed by atoms with Crippen molar-refractivity contribution in [3.8, 4) is 5.75 Å². The summed E-state index contributed by atoms with van der Waals surface area (Å²) in [5.41, 5.74) is 0. The molecule has 2 N–H and O–H groups in total. The largest absolute Gasteiger partial charge is 0.488 e. The Morgan fingerprint density at radius 2 is 2.00 bits per heavy atom. The minimum Gasteiger partial charge on any atom is -0.488 e. The third-order valence-electron chi connectivity index (χ3n) is 3.32. The number of nitrogens with zero attached hydrogens (tertiary/aromatic N) is 1. The Morgan fingerprint density at radius 3 is 2.65 bits per heavy atom. The Hall–Kier alpha value is -1.13. The van der Waals surface area contributed by atoms with Crippen LogP contribution >= 0.6 is 24.0 Å². The van der Waals surface area contributed by atoms with Crippen LogP contribution in [0.4, 0.5) is 4.39 Å². The molecule has 1 rings (SSSR count). The number of benzene rings is 1. The van der Waals surface area contributed by atoms with Gasteiger partial charge in [-0.05, 0) is 25.5 Å². The topological polar surface area (TPSA) is 64.1 Å². The number of ether oxygens (including phenoxy) is 3. The molecule has 150 valence electrons. The van der Waals surface area contributed by atoms with Gasteiger partial charge in [0.15, 0.2) is 5.96 Å². The first-order chi connectivity index (χ1) is 12.2. The SMILES string of the molecule is CCNC(=NCC(CC)Oc1cccc(F)c1)NCCOCCOC.I. The zero-order valence-corrected chi connectivity index (χ0v) is 18.1. The van der Waals surface area contributed by atoms with Gasteiger partial charge in [0.2, 0.25) is 0 Å². The fourth-order valence-electron chi connectivity index (χ4n) is 2.00. The highest BCUT2D eigenvalue weighted by molar-refractivity contribution is 14.0. The lowest BCUT2D eigenvalue weighted by Crippen LogP contribution is -2.39. The van der Waals surface area contributed by atoms with Crippen molar-refractivity contribution in [3.05, 3.63) is 30.1 Å². The summed E-state index contributed by atoms with van der Waals surface area (Å²) in [7, 11) is 1.65. The van der Waals surface area contributed by atoms with Crippen LogP contribution in [0.3, 0.4) is 0 Å². The van der Waals surface area contributed by atoms with E-state index in [0.717, 1.165) is 13.0 Å². The Bertz CT molecular complexity index is 506. The number of nitrogens with one attached hydrogen (secondary N) is 2. The summed E-state index contributed by atoms with van der Waals surface area (Å²) < 4.78 is 29.4. The van der Waals surface area contributed by atoms with Crippen LogP contribution in [-0.2, 0) is 9.47 Å². The highest BCUT2D eigenvalue weighted by atomic mass is 127. The molecule has 0 radical (unpaired) electrons. The molecule has 0 fully saturated rings. The number of guanidine groups is 1. The van der Waals surface area contributed by atoms with E-state index >= 15 is 0 Å². The summed E-state index contributed by atoms with van der Waals surface area (Å²) in [5.74, 6) is 0.921. The predicted octanol–water partition coefficient (Wildman–Crippen LogP) is 2.82. The maximum Gasteiger partial charge on any atom is 0.191 e. The highest BCUT2D eigenvalue weighted by Crippen LogP contribution is 2.15. The van der Waals surface area contributed by atoms with E-state index in [0.29, 0.717) is 44.6 Å². The lowest BCUT2D eigenvalue weighted by molar-refractivity contribution is 0.0733. The van der Waals surface area contributed by atoms with Gasteiger partial charge in [-0.1, -0.05) is 13.0 Å². The molecular formula is C18H31FIN3O3. The van der Waals surface area contributed by atoms with E-state index in [1.807, 2.05) is 13.8 Å². The average molecular weight is 483 g/mol. The molecule has 0 aliphatic carbocycles. The van der Waals surface area contributed by atoms with Crippen molar-refractivity contribution in [2.45, 2.75) is 26.4 Å². The van der Waals surface area contributed by atoms with Crippen molar-refractivity contribution in [2.24, 2.45) is 4.99 Å². The first-order valence-corrected chi connectivity index (χ1v) is 8.70. The van der Waals surface area contributed by atoms with Gasteiger partial charge in [-0.25, -0.2) is 9.38 Å². The Balaban J connectivity index is 0.00000625. The van der Waals surface area contributed by atoms with Crippen molar-refractivity contribution in [1.29, 1.82) is 0 Å². The third-order valence-corrected chi connectivity index (χ3v) is 3.32. The van der Waals surface area contributed by atoms with E-state index in [1.165, 1.54) is 12.1 Å². The lowest BCUT2D eigenvalue weighted by atomic mass is 10.2. The summed E-state index contributed by atoms with van der Waals surface area (Å²) in [4.78, 5) is 4.53. The van der Waals surface area contributed by atoms with Crippen LogP contribution in [0, 0.1) is 5.82 Å². The third kappa shape index (κ3) is 11.5. The van der Waals surface area contributed by atoms with E-state index in [2.05, 4.69) is 15.6 Å². The van der Waals surface area contributed by atoms with Gasteiger partial charge in [-0.15, -0.1) is 24.0 Å². The number of hydrogen-bond donors (Lipinski definition) is 2. The van der Waals surface area contributed by atoms with Crippen molar-refractivity contribution in [2.75, 3.05) is 46.6 Å². The molecule has 1 aromatic carbocycles. The molecule has 0 aromatic heterocycles. The zero-order chi connectivity index (χ0) is 18.3. The molecule has 0 saturated carbocycles. The van der Waals surface area contributed by atoms with Crippen LogP contribution in [0.2, 0.25) is 0 Å². The van der Waals surface area contributed by atoms with Crippen LogP contribution in [-0.4, -0.2) is 58.6 Å². The highest BCUT2D eigenvalue weighted by Gasteiger charge is 2.09. The Kier molecular flexibility index (Phi) is 15.4. The number of halogens is 2. The quantitative estimate of drug-likeness (QED) is 0.207. The smallest absolute Gasteiger partial charge is 0.191 e. The van der Waals surface area contributed by atoms with Crippen LogP contribution in [0.25, 0.3) is 0 Å². The monoisotopic (exact) mass is 483 g/mol. The van der Waals surface area contributed by atoms with Gasteiger partial charge >= 0.3 is 0 Å². The molecule has 6 nitrogen and oxygen atoms in total. The summed E-state index contributed by atoms with van der Waals surface area (Å²) >= 11 is 0. The number of aliphatic imine (C=N–C) groups is 1. The molecule has 0 spiro atoms. The zero-order valence-electron chi connectivity index (χ0n) is 15.8. The molecule has 8 heteroatoms. The maximum absolute atomic E-state index is 13.2. The minimum absolute atomic E-state index is 0. The van der Waals surface area contributed by atoms with Crippen LogP contribution < -0.4 is 15.4 Å². The molecular weight excluding hydrogens is 452 g/mol. The Morgan fingerprint density at radius 1 is 1.19 bits per heavy atom. The number of rotatable bonds is 12. The summed E-state index contributed by atoms with van der Waals surface area (Å²) in [6.45, 7) is 7.65. The van der Waals surface area contributed by atoms with E-state index < -0.39 is 0 Å². The molecule has 0 aliphatic heterocycles. The fourth-order valence-corrected chi connectivity index (χ4v) is 2.00. The second-order valence-electron chi connectivity index (χ2n) is 5.36. The average Bonchev–Trinajstić information content (AvgIpc) is 2.61. The van der Waals surface area contributed by atoms with E-state index in [1.54, 1.807) is 19.2 Å². The van der Waals surface area contributed by atoms with Gasteiger partial charge in [-0.3, -0.25) is 0 Å². The van der Waals surface area contributed by atoms with Crippen LogP contribution in [0.1, 0.15) is 20.3 Å². The second kappa shape index (κ2) is 16.1. The van der Waals surface area contributed by atoms with Crippen LogP contribution in [0.5, 0.6) is 5.75 Å². The first-order valence-electron chi connectivity index (χ1n) is 8.70. The van der Waals surface area contributed by atoms with Gasteiger partial charge in [0, 0.05) is 26.3 Å². The van der Waals surface area contributed by atoms with Crippen molar-refractivity contribution in [3.63, 3.8) is 0 Å². The molecule has 0 saturated heterocycles. The molecule has 0 heterocycles. The van der Waals surface area contributed by atoms with E-state index in [9.17, 15) is 4.39 Å². The van der Waals surface area contributed by atoms with Crippen LogP contribution in [0.15, 0.2) is 29.3 Å². The van der Waals surface area contributed by atoms with E-state index in [4.69, 9.17) is 14.2 Å². The molecule has 26 heavy (non-hydrogen) atoms. The maximum atomic E-state index is 13.2. The molecule has 0 aliphatic rings. The molecule has 1 aromatic rings. The van der Waals surface area contributed by atoms with Gasteiger partial charge in [0.1, 0.15) is 17.7 Å². The molecule has 0 bridgehead atoms. The minimum atomic E-state index is -0.306. The molecule has 0 amide bonds. The fraction of sp³-hybridized carbons (Fsp3) is 0.611. The van der Waals surface area contributed by atoms with Crippen molar-refractivity contribution >= 4 is 29.9 Å². The van der Waals surface area contributed by atoms with Crippen molar-refractivity contribution < 1.29 is 18.6 Å². The second-order valence-corrected chi connectivity index (χ2v) is 5.36. The number of methoxy groups -OCH3 is 1. The standard InChI is InChI=1S/C18H30FN3O3.HI/c1-4-16(25-17-8-6-7-15(19)13-17)14-22-18(20-5-2)21-9-10-24-12-11-23-3;/h6-8,13,16H,4-5,9-12,14H2,1-3H3,(H2,20,21,22);1H. The molecule has 1 atom stereocenters. The first kappa shape index (κ1) is 24.9. The Labute approximate surface area is 172 Å². The van der Waals surface area contributed by atoms with Gasteiger partial charge in [0.05, 0.1) is 26.4 Å². The van der Waals surface area contributed by atoms with Crippen molar-refractivity contribution in [1.82, 2.24) is 10.6 Å². The van der Waals surface area contributed by atoms with Gasteiger partial charge in [-0.2, -0.15) is 0 Å². The molecule has 1 unspecified atom stereocenters. The summed E-state index contributed by atoms with van der Waals surface area (Å²) in [6.07, 6.45) is 0.662. The number of hydrogen-bond acceptors (Lipinski definition) is 4. The normalized spacial score (nSPS) is 12.2. The lowest BCUT2D eigenvalue weighted by Gasteiger charge is -2.17. The summed E-state index contributed by atoms with van der Waals surface area (Å²) in [5, 5.41) is 6.39. The summed E-state index contributed by atoms with van der Waals surface area (Å²) in [6, 6.07) is 6.16. The van der Waals surface area contributed by atoms with Gasteiger partial charge < -0.3 is 24.8 Å². The predicted molar refractivity (Wildman–Crippen MR) is 113 cm³/mol.